The van der Waals surface area contributed by atoms with E-state index in [1.165, 1.54) is 0 Å². The predicted octanol–water partition coefficient (Wildman–Crippen LogP) is 1.71. The smallest absolute Gasteiger partial charge is 0.303 e. The summed E-state index contributed by atoms with van der Waals surface area (Å²) in [5.41, 5.74) is 0.955. The van der Waals surface area contributed by atoms with Gasteiger partial charge in [-0.05, 0) is 31.4 Å². The number of aliphatic carboxylic acids is 1. The summed E-state index contributed by atoms with van der Waals surface area (Å²) in [7, 11) is 0. The van der Waals surface area contributed by atoms with Gasteiger partial charge in [0.2, 0.25) is 5.91 Å². The van der Waals surface area contributed by atoms with Crippen LogP contribution in [0.25, 0.3) is 0 Å². The largest absolute Gasteiger partial charge is 0.481 e. The van der Waals surface area contributed by atoms with Crippen molar-refractivity contribution >= 4 is 11.9 Å². The van der Waals surface area contributed by atoms with E-state index in [2.05, 4.69) is 10.6 Å². The molecule has 5 nitrogen and oxygen atoms in total. The minimum atomic E-state index is -0.843. The Hall–Kier alpha value is -1.88. The quantitative estimate of drug-likeness (QED) is 0.745. The fourth-order valence-corrected chi connectivity index (χ4v) is 2.64. The molecule has 2 atom stereocenters. The van der Waals surface area contributed by atoms with E-state index < -0.39 is 5.97 Å². The molecule has 114 valence electrons. The molecule has 5 heteroatoms. The molecule has 2 rings (SSSR count). The second-order valence-electron chi connectivity index (χ2n) is 5.45. The van der Waals surface area contributed by atoms with Crippen LogP contribution in [-0.4, -0.2) is 30.1 Å². The minimum absolute atomic E-state index is 0.0152. The first kappa shape index (κ1) is 15.5. The zero-order chi connectivity index (χ0) is 15.1. The average molecular weight is 290 g/mol. The van der Waals surface area contributed by atoms with Gasteiger partial charge in [0, 0.05) is 13.0 Å². The summed E-state index contributed by atoms with van der Waals surface area (Å²) in [5, 5.41) is 15.1. The van der Waals surface area contributed by atoms with Crippen LogP contribution in [0.3, 0.4) is 0 Å². The number of carbonyl (C=O) groups is 2. The highest BCUT2D eigenvalue weighted by Crippen LogP contribution is 2.20. The van der Waals surface area contributed by atoms with Crippen molar-refractivity contribution in [3.63, 3.8) is 0 Å². The molecule has 0 aromatic heterocycles. The van der Waals surface area contributed by atoms with Crippen LogP contribution in [0.2, 0.25) is 0 Å². The average Bonchev–Trinajstić information content (AvgIpc) is 2.52. The number of piperidine rings is 1. The zero-order valence-electron chi connectivity index (χ0n) is 12.0. The minimum Gasteiger partial charge on any atom is -0.481 e. The Morgan fingerprint density at radius 3 is 2.71 bits per heavy atom. The van der Waals surface area contributed by atoms with Gasteiger partial charge in [-0.25, -0.2) is 0 Å². The molecule has 1 heterocycles. The highest BCUT2D eigenvalue weighted by atomic mass is 16.4. The van der Waals surface area contributed by atoms with Crippen molar-refractivity contribution < 1.29 is 14.7 Å². The van der Waals surface area contributed by atoms with E-state index in [0.717, 1.165) is 24.9 Å². The highest BCUT2D eigenvalue weighted by molar-refractivity contribution is 5.79. The van der Waals surface area contributed by atoms with Crippen molar-refractivity contribution in [2.45, 2.75) is 31.7 Å². The van der Waals surface area contributed by atoms with Gasteiger partial charge in [-0.2, -0.15) is 0 Å². The third-order valence-electron chi connectivity index (χ3n) is 3.83. The van der Waals surface area contributed by atoms with Crippen LogP contribution in [0.1, 0.15) is 37.3 Å². The molecule has 1 aromatic rings. The molecule has 3 N–H and O–H groups in total. The molecule has 1 unspecified atom stereocenters. The Morgan fingerprint density at radius 1 is 1.33 bits per heavy atom. The maximum Gasteiger partial charge on any atom is 0.303 e. The SMILES string of the molecule is O=C(O)CCC(NC(=O)[C@@H]1CCCNC1)c1ccccc1. The summed E-state index contributed by atoms with van der Waals surface area (Å²) in [5.74, 6) is -0.847. The van der Waals surface area contributed by atoms with Crippen LogP contribution in [0.15, 0.2) is 30.3 Å². The van der Waals surface area contributed by atoms with Gasteiger partial charge in [0.15, 0.2) is 0 Å². The van der Waals surface area contributed by atoms with E-state index in [4.69, 9.17) is 5.11 Å². The maximum absolute atomic E-state index is 12.3. The molecule has 0 bridgehead atoms. The number of rotatable bonds is 6. The molecule has 1 aromatic carbocycles. The summed E-state index contributed by atoms with van der Waals surface area (Å²) in [6.07, 6.45) is 2.34. The van der Waals surface area contributed by atoms with Gasteiger partial charge in [0.25, 0.3) is 0 Å². The number of carboxylic acid groups (broad SMARTS) is 1. The molecule has 1 fully saturated rings. The van der Waals surface area contributed by atoms with Gasteiger partial charge in [-0.1, -0.05) is 30.3 Å². The second-order valence-corrected chi connectivity index (χ2v) is 5.45. The Bertz CT molecular complexity index is 470. The lowest BCUT2D eigenvalue weighted by Crippen LogP contribution is -2.41. The van der Waals surface area contributed by atoms with Crippen LogP contribution in [-0.2, 0) is 9.59 Å². The van der Waals surface area contributed by atoms with Gasteiger partial charge in [-0.3, -0.25) is 9.59 Å². The van der Waals surface area contributed by atoms with Crippen molar-refractivity contribution in [3.8, 4) is 0 Å². The molecule has 0 saturated carbocycles. The van der Waals surface area contributed by atoms with E-state index in [-0.39, 0.29) is 24.3 Å². The van der Waals surface area contributed by atoms with Crippen molar-refractivity contribution in [2.75, 3.05) is 13.1 Å². The number of amides is 1. The predicted molar refractivity (Wildman–Crippen MR) is 79.8 cm³/mol. The normalized spacial score (nSPS) is 19.7. The lowest BCUT2D eigenvalue weighted by Gasteiger charge is -2.25. The third-order valence-corrected chi connectivity index (χ3v) is 3.83. The van der Waals surface area contributed by atoms with Crippen LogP contribution in [0, 0.1) is 5.92 Å². The standard InChI is InChI=1S/C16H22N2O3/c19-15(20)9-8-14(12-5-2-1-3-6-12)18-16(21)13-7-4-10-17-11-13/h1-3,5-6,13-14,17H,4,7-11H2,(H,18,21)(H,19,20)/t13-,14?/m1/s1. The number of benzene rings is 1. The molecule has 21 heavy (non-hydrogen) atoms. The Kier molecular flexibility index (Phi) is 5.75. The van der Waals surface area contributed by atoms with E-state index in [1.54, 1.807) is 0 Å². The van der Waals surface area contributed by atoms with Crippen LogP contribution in [0.5, 0.6) is 0 Å². The zero-order valence-corrected chi connectivity index (χ0v) is 12.0. The molecule has 0 aliphatic carbocycles. The third kappa shape index (κ3) is 4.86. The van der Waals surface area contributed by atoms with Crippen molar-refractivity contribution in [1.82, 2.24) is 10.6 Å². The van der Waals surface area contributed by atoms with Crippen molar-refractivity contribution in [2.24, 2.45) is 5.92 Å². The number of carboxylic acids is 1. The Balaban J connectivity index is 2.00. The monoisotopic (exact) mass is 290 g/mol. The number of nitrogens with one attached hydrogen (secondary N) is 2. The van der Waals surface area contributed by atoms with E-state index in [0.29, 0.717) is 13.0 Å². The first-order valence-electron chi connectivity index (χ1n) is 7.44. The summed E-state index contributed by atoms with van der Waals surface area (Å²) in [4.78, 5) is 23.1. The topological polar surface area (TPSA) is 78.4 Å². The van der Waals surface area contributed by atoms with Crippen LogP contribution >= 0.6 is 0 Å². The lowest BCUT2D eigenvalue weighted by molar-refractivity contribution is -0.137. The molecule has 1 amide bonds. The molecular weight excluding hydrogens is 268 g/mol. The summed E-state index contributed by atoms with van der Waals surface area (Å²) in [6.45, 7) is 1.66. The molecular formula is C16H22N2O3. The number of hydrogen-bond acceptors (Lipinski definition) is 3. The Morgan fingerprint density at radius 2 is 2.10 bits per heavy atom. The number of hydrogen-bond donors (Lipinski definition) is 3. The highest BCUT2D eigenvalue weighted by Gasteiger charge is 2.24. The molecule has 0 radical (unpaired) electrons. The summed E-state index contributed by atoms with van der Waals surface area (Å²) >= 11 is 0. The second kappa shape index (κ2) is 7.78. The first-order valence-corrected chi connectivity index (χ1v) is 7.44. The lowest BCUT2D eigenvalue weighted by atomic mass is 9.96. The van der Waals surface area contributed by atoms with Gasteiger partial charge in [-0.15, -0.1) is 0 Å². The van der Waals surface area contributed by atoms with Gasteiger partial charge >= 0.3 is 5.97 Å². The molecule has 1 saturated heterocycles. The van der Waals surface area contributed by atoms with Gasteiger partial charge in [0.1, 0.15) is 0 Å². The van der Waals surface area contributed by atoms with E-state index in [1.807, 2.05) is 30.3 Å². The van der Waals surface area contributed by atoms with Crippen molar-refractivity contribution in [3.05, 3.63) is 35.9 Å². The van der Waals surface area contributed by atoms with E-state index in [9.17, 15) is 9.59 Å². The summed E-state index contributed by atoms with van der Waals surface area (Å²) < 4.78 is 0. The van der Waals surface area contributed by atoms with Crippen LogP contribution in [0.4, 0.5) is 0 Å². The summed E-state index contributed by atoms with van der Waals surface area (Å²) in [6, 6.07) is 9.31. The Labute approximate surface area is 124 Å². The molecule has 1 aliphatic heterocycles. The first-order chi connectivity index (χ1) is 10.2. The van der Waals surface area contributed by atoms with Gasteiger partial charge < -0.3 is 15.7 Å². The van der Waals surface area contributed by atoms with Gasteiger partial charge in [0.05, 0.1) is 12.0 Å². The van der Waals surface area contributed by atoms with Crippen molar-refractivity contribution in [1.29, 1.82) is 0 Å². The molecule has 0 spiro atoms. The number of carbonyl (C=O) groups excluding carboxylic acids is 1. The fourth-order valence-electron chi connectivity index (χ4n) is 2.64. The molecule has 1 aliphatic rings. The van der Waals surface area contributed by atoms with E-state index >= 15 is 0 Å². The fraction of sp³-hybridized carbons (Fsp3) is 0.500. The van der Waals surface area contributed by atoms with Crippen LogP contribution < -0.4 is 10.6 Å². The maximum atomic E-state index is 12.3.